The van der Waals surface area contributed by atoms with Crippen LogP contribution in [0.4, 0.5) is 4.39 Å². The lowest BCUT2D eigenvalue weighted by molar-refractivity contribution is 0.428. The van der Waals surface area contributed by atoms with Crippen molar-refractivity contribution in [2.75, 3.05) is 0 Å². The van der Waals surface area contributed by atoms with Gasteiger partial charge in [0.1, 0.15) is 0 Å². The number of aromatic hydroxyl groups is 1. The lowest BCUT2D eigenvalue weighted by atomic mass is 10.1. The Morgan fingerprint density at radius 1 is 1.42 bits per heavy atom. The Morgan fingerprint density at radius 2 is 2.17 bits per heavy atom. The average Bonchev–Trinajstić information content (AvgIpc) is 2.83. The predicted octanol–water partition coefficient (Wildman–Crippen LogP) is 2.48. The molecule has 0 amide bonds. The Bertz CT molecular complexity index is 292. The summed E-state index contributed by atoms with van der Waals surface area (Å²) in [6, 6.07) is 4.81. The van der Waals surface area contributed by atoms with Crippen molar-refractivity contribution in [3.63, 3.8) is 0 Å². The van der Waals surface area contributed by atoms with Gasteiger partial charge in [-0.1, -0.05) is 12.1 Å². The van der Waals surface area contributed by atoms with Crippen molar-refractivity contribution in [2.24, 2.45) is 5.92 Å². The SMILES string of the molecule is Oc1cccc(CC2CC2)c1F. The Labute approximate surface area is 70.8 Å². The van der Waals surface area contributed by atoms with Crippen molar-refractivity contribution >= 4 is 0 Å². The fourth-order valence-corrected chi connectivity index (χ4v) is 1.36. The van der Waals surface area contributed by atoms with Crippen LogP contribution in [0.5, 0.6) is 5.75 Å². The van der Waals surface area contributed by atoms with Crippen molar-refractivity contribution in [1.82, 2.24) is 0 Å². The molecule has 0 radical (unpaired) electrons. The molecule has 0 unspecified atom stereocenters. The summed E-state index contributed by atoms with van der Waals surface area (Å²) in [6.07, 6.45) is 3.18. The highest BCUT2D eigenvalue weighted by Crippen LogP contribution is 2.34. The van der Waals surface area contributed by atoms with Crippen molar-refractivity contribution in [2.45, 2.75) is 19.3 Å². The van der Waals surface area contributed by atoms with Gasteiger partial charge in [0.25, 0.3) is 0 Å². The van der Waals surface area contributed by atoms with Gasteiger partial charge in [0, 0.05) is 0 Å². The molecule has 1 fully saturated rings. The van der Waals surface area contributed by atoms with E-state index >= 15 is 0 Å². The third-order valence-electron chi connectivity index (χ3n) is 2.26. The van der Waals surface area contributed by atoms with Gasteiger partial charge in [0.15, 0.2) is 11.6 Å². The molecular formula is C10H11FO. The van der Waals surface area contributed by atoms with Gasteiger partial charge in [-0.2, -0.15) is 0 Å². The lowest BCUT2D eigenvalue weighted by Crippen LogP contribution is -1.91. The summed E-state index contributed by atoms with van der Waals surface area (Å²) in [5.74, 6) is -0.0150. The first kappa shape index (κ1) is 7.59. The largest absolute Gasteiger partial charge is 0.505 e. The van der Waals surface area contributed by atoms with Gasteiger partial charge in [0.05, 0.1) is 0 Å². The van der Waals surface area contributed by atoms with Crippen molar-refractivity contribution < 1.29 is 9.50 Å². The monoisotopic (exact) mass is 166 g/mol. The quantitative estimate of drug-likeness (QED) is 0.715. The maximum absolute atomic E-state index is 13.1. The van der Waals surface area contributed by atoms with E-state index < -0.39 is 5.82 Å². The van der Waals surface area contributed by atoms with Gasteiger partial charge in [-0.3, -0.25) is 0 Å². The van der Waals surface area contributed by atoms with Gasteiger partial charge < -0.3 is 5.11 Å². The molecule has 64 valence electrons. The van der Waals surface area contributed by atoms with Crippen LogP contribution in [0.3, 0.4) is 0 Å². The Morgan fingerprint density at radius 3 is 2.83 bits per heavy atom. The van der Waals surface area contributed by atoms with E-state index in [0.29, 0.717) is 11.5 Å². The summed E-state index contributed by atoms with van der Waals surface area (Å²) >= 11 is 0. The second-order valence-electron chi connectivity index (χ2n) is 3.40. The molecule has 0 heterocycles. The van der Waals surface area contributed by atoms with E-state index in [4.69, 9.17) is 5.11 Å². The smallest absolute Gasteiger partial charge is 0.167 e. The highest BCUT2D eigenvalue weighted by Gasteiger charge is 2.23. The topological polar surface area (TPSA) is 20.2 Å². The van der Waals surface area contributed by atoms with Crippen LogP contribution in [-0.4, -0.2) is 5.11 Å². The summed E-state index contributed by atoms with van der Waals surface area (Å²) in [5, 5.41) is 9.06. The average molecular weight is 166 g/mol. The highest BCUT2D eigenvalue weighted by atomic mass is 19.1. The summed E-state index contributed by atoms with van der Waals surface area (Å²) in [7, 11) is 0. The van der Waals surface area contributed by atoms with Gasteiger partial charge >= 0.3 is 0 Å². The lowest BCUT2D eigenvalue weighted by Gasteiger charge is -2.02. The van der Waals surface area contributed by atoms with E-state index in [0.717, 1.165) is 6.42 Å². The van der Waals surface area contributed by atoms with E-state index in [1.165, 1.54) is 18.9 Å². The minimum absolute atomic E-state index is 0.229. The van der Waals surface area contributed by atoms with Gasteiger partial charge in [-0.25, -0.2) is 4.39 Å². The molecule has 0 aliphatic heterocycles. The normalized spacial score (nSPS) is 16.4. The molecule has 1 aliphatic carbocycles. The number of phenols is 1. The summed E-state index contributed by atoms with van der Waals surface area (Å²) in [4.78, 5) is 0. The molecule has 0 saturated heterocycles. The van der Waals surface area contributed by atoms with Crippen LogP contribution in [0.25, 0.3) is 0 Å². The predicted molar refractivity (Wildman–Crippen MR) is 44.5 cm³/mol. The zero-order valence-corrected chi connectivity index (χ0v) is 6.76. The number of benzene rings is 1. The van der Waals surface area contributed by atoms with Crippen LogP contribution < -0.4 is 0 Å². The maximum Gasteiger partial charge on any atom is 0.167 e. The first-order valence-electron chi connectivity index (χ1n) is 4.23. The van der Waals surface area contributed by atoms with E-state index in [1.54, 1.807) is 12.1 Å². The Kier molecular flexibility index (Phi) is 1.75. The molecule has 0 bridgehead atoms. The van der Waals surface area contributed by atoms with Crippen LogP contribution in [0, 0.1) is 11.7 Å². The van der Waals surface area contributed by atoms with E-state index in [1.807, 2.05) is 0 Å². The molecule has 1 saturated carbocycles. The second kappa shape index (κ2) is 2.77. The van der Waals surface area contributed by atoms with Crippen LogP contribution >= 0.6 is 0 Å². The molecule has 1 nitrogen and oxygen atoms in total. The molecule has 1 aromatic carbocycles. The maximum atomic E-state index is 13.1. The van der Waals surface area contributed by atoms with E-state index in [-0.39, 0.29) is 5.75 Å². The molecule has 0 spiro atoms. The number of phenolic OH excluding ortho intramolecular Hbond substituents is 1. The zero-order valence-electron chi connectivity index (χ0n) is 6.76. The molecule has 2 rings (SSSR count). The molecule has 1 N–H and O–H groups in total. The summed E-state index contributed by atoms with van der Waals surface area (Å²) < 4.78 is 13.1. The van der Waals surface area contributed by atoms with Crippen molar-refractivity contribution in [3.05, 3.63) is 29.6 Å². The molecule has 12 heavy (non-hydrogen) atoms. The minimum Gasteiger partial charge on any atom is -0.505 e. The summed E-state index contributed by atoms with van der Waals surface area (Å²) in [5.41, 5.74) is 0.650. The molecule has 2 heteroatoms. The highest BCUT2D eigenvalue weighted by molar-refractivity contribution is 5.30. The van der Waals surface area contributed by atoms with Gasteiger partial charge in [-0.15, -0.1) is 0 Å². The fraction of sp³-hybridized carbons (Fsp3) is 0.400. The molecular weight excluding hydrogens is 155 g/mol. The molecule has 0 aromatic heterocycles. The van der Waals surface area contributed by atoms with Crippen LogP contribution in [0.1, 0.15) is 18.4 Å². The summed E-state index contributed by atoms with van der Waals surface area (Å²) in [6.45, 7) is 0. The number of halogens is 1. The second-order valence-corrected chi connectivity index (χ2v) is 3.40. The Balaban J connectivity index is 2.23. The first-order chi connectivity index (χ1) is 5.77. The van der Waals surface area contributed by atoms with E-state index in [9.17, 15) is 4.39 Å². The standard InChI is InChI=1S/C10H11FO/c11-10-8(6-7-4-5-7)2-1-3-9(10)12/h1-3,7,12H,4-6H2. The minimum atomic E-state index is -0.440. The molecule has 0 atom stereocenters. The third-order valence-corrected chi connectivity index (χ3v) is 2.26. The molecule has 1 aliphatic rings. The zero-order chi connectivity index (χ0) is 8.55. The van der Waals surface area contributed by atoms with Crippen LogP contribution in [0.2, 0.25) is 0 Å². The first-order valence-corrected chi connectivity index (χ1v) is 4.23. The molecule has 1 aromatic rings. The number of hydrogen-bond donors (Lipinski definition) is 1. The Hall–Kier alpha value is -1.05. The fourth-order valence-electron chi connectivity index (χ4n) is 1.36. The van der Waals surface area contributed by atoms with Crippen molar-refractivity contribution in [3.8, 4) is 5.75 Å². The van der Waals surface area contributed by atoms with Gasteiger partial charge in [0.2, 0.25) is 0 Å². The third kappa shape index (κ3) is 1.42. The number of hydrogen-bond acceptors (Lipinski definition) is 1. The van der Waals surface area contributed by atoms with E-state index in [2.05, 4.69) is 0 Å². The van der Waals surface area contributed by atoms with Crippen molar-refractivity contribution in [1.29, 1.82) is 0 Å². The van der Waals surface area contributed by atoms with Crippen LogP contribution in [0.15, 0.2) is 18.2 Å². The number of rotatable bonds is 2. The van der Waals surface area contributed by atoms with Gasteiger partial charge in [-0.05, 0) is 36.8 Å². The van der Waals surface area contributed by atoms with Crippen LogP contribution in [-0.2, 0) is 6.42 Å².